The summed E-state index contributed by atoms with van der Waals surface area (Å²) in [4.78, 5) is 11.6. The molecule has 1 aromatic carbocycles. The molecule has 1 heterocycles. The van der Waals surface area contributed by atoms with E-state index in [4.69, 9.17) is 4.74 Å². The molecule has 2 unspecified atom stereocenters. The largest absolute Gasteiger partial charge is 0.469 e. The number of hydrogen-bond donors (Lipinski definition) is 1. The van der Waals surface area contributed by atoms with Crippen LogP contribution in [0.3, 0.4) is 0 Å². The summed E-state index contributed by atoms with van der Waals surface area (Å²) in [6.07, 6.45) is 0.938. The first-order chi connectivity index (χ1) is 7.81. The molecular formula is C13H18ClNO2. The quantitative estimate of drug-likeness (QED) is 0.835. The summed E-state index contributed by atoms with van der Waals surface area (Å²) in [7, 11) is 1.46. The molecule has 1 aliphatic rings. The monoisotopic (exact) mass is 255 g/mol. The van der Waals surface area contributed by atoms with E-state index in [2.05, 4.69) is 17.4 Å². The average molecular weight is 256 g/mol. The van der Waals surface area contributed by atoms with Crippen LogP contribution in [0, 0.1) is 11.8 Å². The second-order valence-corrected chi connectivity index (χ2v) is 4.24. The molecule has 1 N–H and O–H groups in total. The Kier molecular flexibility index (Phi) is 5.45. The number of halogens is 1. The Morgan fingerprint density at radius 2 is 2.06 bits per heavy atom. The van der Waals surface area contributed by atoms with Crippen LogP contribution < -0.4 is 5.32 Å². The maximum absolute atomic E-state index is 11.6. The van der Waals surface area contributed by atoms with Crippen molar-refractivity contribution < 1.29 is 9.53 Å². The molecule has 1 aliphatic heterocycles. The molecule has 94 valence electrons. The van der Waals surface area contributed by atoms with Gasteiger partial charge in [-0.2, -0.15) is 0 Å². The smallest absolute Gasteiger partial charge is 0.310 e. The van der Waals surface area contributed by atoms with Gasteiger partial charge in [-0.3, -0.25) is 4.79 Å². The SMILES string of the molecule is COC(=O)C1CNCC1Cc1ccccc1.Cl. The molecule has 2 atom stereocenters. The van der Waals surface area contributed by atoms with E-state index >= 15 is 0 Å². The molecule has 0 bridgehead atoms. The summed E-state index contributed by atoms with van der Waals surface area (Å²) in [5.41, 5.74) is 1.28. The predicted octanol–water partition coefficient (Wildman–Crippen LogP) is 1.66. The van der Waals surface area contributed by atoms with Gasteiger partial charge in [-0.1, -0.05) is 30.3 Å². The van der Waals surface area contributed by atoms with E-state index < -0.39 is 0 Å². The van der Waals surface area contributed by atoms with Gasteiger partial charge < -0.3 is 10.1 Å². The summed E-state index contributed by atoms with van der Waals surface area (Å²) < 4.78 is 4.82. The van der Waals surface area contributed by atoms with Crippen molar-refractivity contribution >= 4 is 18.4 Å². The summed E-state index contributed by atoms with van der Waals surface area (Å²) >= 11 is 0. The van der Waals surface area contributed by atoms with Crippen molar-refractivity contribution in [1.82, 2.24) is 5.32 Å². The van der Waals surface area contributed by atoms with Crippen LogP contribution in [0.1, 0.15) is 5.56 Å². The Balaban J connectivity index is 0.00000144. The van der Waals surface area contributed by atoms with Gasteiger partial charge in [0.2, 0.25) is 0 Å². The summed E-state index contributed by atoms with van der Waals surface area (Å²) in [6.45, 7) is 1.64. The van der Waals surface area contributed by atoms with E-state index in [9.17, 15) is 4.79 Å². The first-order valence-electron chi connectivity index (χ1n) is 5.63. The van der Waals surface area contributed by atoms with Crippen molar-refractivity contribution in [3.63, 3.8) is 0 Å². The molecule has 0 spiro atoms. The first kappa shape index (κ1) is 14.0. The zero-order valence-corrected chi connectivity index (χ0v) is 10.7. The molecule has 0 amide bonds. The summed E-state index contributed by atoms with van der Waals surface area (Å²) in [6, 6.07) is 10.3. The second-order valence-electron chi connectivity index (χ2n) is 4.24. The Hall–Kier alpha value is -1.06. The Labute approximate surface area is 108 Å². The highest BCUT2D eigenvalue weighted by Gasteiger charge is 2.33. The summed E-state index contributed by atoms with van der Waals surface area (Å²) in [5, 5.41) is 3.26. The minimum Gasteiger partial charge on any atom is -0.469 e. The lowest BCUT2D eigenvalue weighted by molar-refractivity contribution is -0.146. The van der Waals surface area contributed by atoms with E-state index in [0.717, 1.165) is 19.5 Å². The van der Waals surface area contributed by atoms with Gasteiger partial charge >= 0.3 is 5.97 Å². The van der Waals surface area contributed by atoms with Crippen LogP contribution in [0.2, 0.25) is 0 Å². The second kappa shape index (κ2) is 6.62. The van der Waals surface area contributed by atoms with Crippen LogP contribution in [-0.4, -0.2) is 26.2 Å². The first-order valence-corrected chi connectivity index (χ1v) is 5.63. The number of rotatable bonds is 3. The number of ether oxygens (including phenoxy) is 1. The Morgan fingerprint density at radius 3 is 2.71 bits per heavy atom. The number of carbonyl (C=O) groups excluding carboxylic acids is 1. The normalized spacial score (nSPS) is 22.9. The standard InChI is InChI=1S/C13H17NO2.ClH/c1-16-13(15)12-9-14-8-11(12)7-10-5-3-2-4-6-10;/h2-6,11-12,14H,7-9H2,1H3;1H. The topological polar surface area (TPSA) is 38.3 Å². The van der Waals surface area contributed by atoms with E-state index in [1.807, 2.05) is 18.2 Å². The molecular weight excluding hydrogens is 238 g/mol. The van der Waals surface area contributed by atoms with Crippen LogP contribution in [0.4, 0.5) is 0 Å². The third-order valence-corrected chi connectivity index (χ3v) is 3.18. The van der Waals surface area contributed by atoms with E-state index in [0.29, 0.717) is 5.92 Å². The number of esters is 1. The van der Waals surface area contributed by atoms with Gasteiger partial charge in [0.05, 0.1) is 13.0 Å². The average Bonchev–Trinajstić information content (AvgIpc) is 2.77. The highest BCUT2D eigenvalue weighted by molar-refractivity contribution is 5.85. The van der Waals surface area contributed by atoms with E-state index in [1.54, 1.807) is 0 Å². The fourth-order valence-corrected chi connectivity index (χ4v) is 2.29. The number of nitrogens with one attached hydrogen (secondary N) is 1. The van der Waals surface area contributed by atoms with Gasteiger partial charge in [0, 0.05) is 6.54 Å². The lowest BCUT2D eigenvalue weighted by atomic mass is 9.90. The van der Waals surface area contributed by atoms with Gasteiger partial charge in [0.25, 0.3) is 0 Å². The van der Waals surface area contributed by atoms with Crippen molar-refractivity contribution in [1.29, 1.82) is 0 Å². The van der Waals surface area contributed by atoms with Crippen LogP contribution in [0.25, 0.3) is 0 Å². The van der Waals surface area contributed by atoms with Gasteiger partial charge in [-0.05, 0) is 24.4 Å². The molecule has 0 saturated carbocycles. The van der Waals surface area contributed by atoms with E-state index in [1.165, 1.54) is 12.7 Å². The van der Waals surface area contributed by atoms with Crippen LogP contribution in [-0.2, 0) is 16.0 Å². The van der Waals surface area contributed by atoms with Crippen molar-refractivity contribution in [2.45, 2.75) is 6.42 Å². The Bertz CT molecular complexity index is 356. The maximum atomic E-state index is 11.6. The van der Waals surface area contributed by atoms with Crippen molar-refractivity contribution in [2.24, 2.45) is 11.8 Å². The molecule has 0 aromatic heterocycles. The maximum Gasteiger partial charge on any atom is 0.310 e. The molecule has 4 heteroatoms. The minimum absolute atomic E-state index is 0. The zero-order chi connectivity index (χ0) is 11.4. The fraction of sp³-hybridized carbons (Fsp3) is 0.462. The van der Waals surface area contributed by atoms with Gasteiger partial charge in [0.15, 0.2) is 0 Å². The number of benzene rings is 1. The zero-order valence-electron chi connectivity index (χ0n) is 9.89. The predicted molar refractivity (Wildman–Crippen MR) is 69.3 cm³/mol. The molecule has 0 aliphatic carbocycles. The molecule has 17 heavy (non-hydrogen) atoms. The highest BCUT2D eigenvalue weighted by Crippen LogP contribution is 2.22. The lowest BCUT2D eigenvalue weighted by Crippen LogP contribution is -2.25. The third-order valence-electron chi connectivity index (χ3n) is 3.18. The van der Waals surface area contributed by atoms with Gasteiger partial charge in [-0.25, -0.2) is 0 Å². The summed E-state index contributed by atoms with van der Waals surface area (Å²) in [5.74, 6) is 0.269. The van der Waals surface area contributed by atoms with Crippen molar-refractivity contribution in [2.75, 3.05) is 20.2 Å². The lowest BCUT2D eigenvalue weighted by Gasteiger charge is -2.16. The number of methoxy groups -OCH3 is 1. The minimum atomic E-state index is -0.0917. The number of carbonyl (C=O) groups is 1. The molecule has 1 fully saturated rings. The van der Waals surface area contributed by atoms with Crippen molar-refractivity contribution in [3.8, 4) is 0 Å². The van der Waals surface area contributed by atoms with Gasteiger partial charge in [-0.15, -0.1) is 12.4 Å². The van der Waals surface area contributed by atoms with Crippen LogP contribution >= 0.6 is 12.4 Å². The third kappa shape index (κ3) is 3.45. The van der Waals surface area contributed by atoms with Crippen LogP contribution in [0.5, 0.6) is 0 Å². The highest BCUT2D eigenvalue weighted by atomic mass is 35.5. The molecule has 1 aromatic rings. The molecule has 2 rings (SSSR count). The molecule has 0 radical (unpaired) electrons. The fourth-order valence-electron chi connectivity index (χ4n) is 2.29. The Morgan fingerprint density at radius 1 is 1.35 bits per heavy atom. The van der Waals surface area contributed by atoms with Crippen molar-refractivity contribution in [3.05, 3.63) is 35.9 Å². The number of hydrogen-bond acceptors (Lipinski definition) is 3. The van der Waals surface area contributed by atoms with Crippen LogP contribution in [0.15, 0.2) is 30.3 Å². The van der Waals surface area contributed by atoms with Gasteiger partial charge in [0.1, 0.15) is 0 Å². The molecule has 1 saturated heterocycles. The molecule has 3 nitrogen and oxygen atoms in total. The van der Waals surface area contributed by atoms with E-state index in [-0.39, 0.29) is 24.3 Å².